The molecule has 1 amide bonds. The van der Waals surface area contributed by atoms with Crippen LogP contribution in [0.25, 0.3) is 0 Å². The van der Waals surface area contributed by atoms with E-state index in [0.29, 0.717) is 17.9 Å². The minimum absolute atomic E-state index is 0. The molecule has 0 aromatic carbocycles. The zero-order valence-electron chi connectivity index (χ0n) is 12.2. The molecule has 2 atom stereocenters. The summed E-state index contributed by atoms with van der Waals surface area (Å²) in [5.74, 6) is 1.12. The second kappa shape index (κ2) is 8.76. The molecule has 2 unspecified atom stereocenters. The lowest BCUT2D eigenvalue weighted by molar-refractivity contribution is -0.139. The second-order valence-corrected chi connectivity index (χ2v) is 5.77. The quantitative estimate of drug-likeness (QED) is 0.837. The minimum Gasteiger partial charge on any atom is -0.339 e. The van der Waals surface area contributed by atoms with Crippen LogP contribution in [0.4, 0.5) is 0 Å². The van der Waals surface area contributed by atoms with Crippen molar-refractivity contribution >= 4 is 18.3 Å². The number of rotatable bonds is 5. The summed E-state index contributed by atoms with van der Waals surface area (Å²) >= 11 is 0. The monoisotopic (exact) mass is 276 g/mol. The molecule has 1 rings (SSSR count). The van der Waals surface area contributed by atoms with E-state index in [0.717, 1.165) is 19.5 Å². The first kappa shape index (κ1) is 17.7. The van der Waals surface area contributed by atoms with Crippen LogP contribution in [0, 0.1) is 11.8 Å². The van der Waals surface area contributed by atoms with Crippen LogP contribution in [0.1, 0.15) is 46.5 Å². The Morgan fingerprint density at radius 1 is 1.33 bits per heavy atom. The summed E-state index contributed by atoms with van der Waals surface area (Å²) in [5.41, 5.74) is 0. The Balaban J connectivity index is 0.00000289. The lowest BCUT2D eigenvalue weighted by Gasteiger charge is -2.38. The van der Waals surface area contributed by atoms with E-state index in [9.17, 15) is 4.79 Å². The molecule has 1 heterocycles. The number of carbonyl (C=O) groups is 1. The Bertz CT molecular complexity index is 246. The first-order valence-corrected chi connectivity index (χ1v) is 7.01. The molecule has 1 aliphatic heterocycles. The van der Waals surface area contributed by atoms with Crippen molar-refractivity contribution in [1.82, 2.24) is 10.2 Å². The van der Waals surface area contributed by atoms with Crippen LogP contribution in [0.2, 0.25) is 0 Å². The molecule has 3 nitrogen and oxygen atoms in total. The van der Waals surface area contributed by atoms with E-state index < -0.39 is 0 Å². The number of carbonyl (C=O) groups excluding carboxylic acids is 1. The zero-order valence-corrected chi connectivity index (χ0v) is 13.1. The molecule has 0 aromatic heterocycles. The van der Waals surface area contributed by atoms with Gasteiger partial charge in [-0.25, -0.2) is 0 Å². The van der Waals surface area contributed by atoms with Crippen molar-refractivity contribution in [3.8, 4) is 0 Å². The standard InChI is InChI=1S/C14H28N2O.ClH/c1-11(2)9-13-7-5-6-8-16(13)14(17)12(3)10-15-4;/h11-13,15H,5-10H2,1-4H3;1H. The normalized spacial score (nSPS) is 21.6. The topological polar surface area (TPSA) is 32.3 Å². The van der Waals surface area contributed by atoms with Gasteiger partial charge in [0.15, 0.2) is 0 Å². The van der Waals surface area contributed by atoms with Gasteiger partial charge in [-0.2, -0.15) is 0 Å². The highest BCUT2D eigenvalue weighted by atomic mass is 35.5. The number of likely N-dealkylation sites (tertiary alicyclic amines) is 1. The molecular formula is C14H29ClN2O. The fourth-order valence-corrected chi connectivity index (χ4v) is 2.76. The van der Waals surface area contributed by atoms with Crippen LogP contribution in [-0.2, 0) is 4.79 Å². The summed E-state index contributed by atoms with van der Waals surface area (Å²) in [6, 6.07) is 0.482. The van der Waals surface area contributed by atoms with Crippen LogP contribution in [0.3, 0.4) is 0 Å². The molecule has 4 heteroatoms. The van der Waals surface area contributed by atoms with Gasteiger partial charge in [0.25, 0.3) is 0 Å². The van der Waals surface area contributed by atoms with Gasteiger partial charge in [-0.3, -0.25) is 4.79 Å². The van der Waals surface area contributed by atoms with Crippen molar-refractivity contribution in [2.24, 2.45) is 11.8 Å². The van der Waals surface area contributed by atoms with Crippen LogP contribution >= 0.6 is 12.4 Å². The summed E-state index contributed by atoms with van der Waals surface area (Å²) < 4.78 is 0. The second-order valence-electron chi connectivity index (χ2n) is 5.77. The molecule has 1 saturated heterocycles. The van der Waals surface area contributed by atoms with Gasteiger partial charge >= 0.3 is 0 Å². The van der Waals surface area contributed by atoms with Gasteiger partial charge in [0.1, 0.15) is 0 Å². The third-order valence-electron chi connectivity index (χ3n) is 3.59. The van der Waals surface area contributed by atoms with Crippen molar-refractivity contribution in [2.75, 3.05) is 20.1 Å². The maximum Gasteiger partial charge on any atom is 0.226 e. The Morgan fingerprint density at radius 3 is 2.56 bits per heavy atom. The van der Waals surface area contributed by atoms with Crippen LogP contribution in [-0.4, -0.2) is 37.0 Å². The van der Waals surface area contributed by atoms with Crippen molar-refractivity contribution in [1.29, 1.82) is 0 Å². The van der Waals surface area contributed by atoms with E-state index in [1.807, 2.05) is 14.0 Å². The molecule has 18 heavy (non-hydrogen) atoms. The lowest BCUT2D eigenvalue weighted by atomic mass is 9.93. The maximum atomic E-state index is 12.4. The first-order chi connectivity index (χ1) is 8.06. The summed E-state index contributed by atoms with van der Waals surface area (Å²) in [6.07, 6.45) is 4.79. The Labute approximate surface area is 118 Å². The SMILES string of the molecule is CNCC(C)C(=O)N1CCCCC1CC(C)C.Cl. The number of nitrogens with one attached hydrogen (secondary N) is 1. The van der Waals surface area contributed by atoms with Gasteiger partial charge in [-0.1, -0.05) is 20.8 Å². The third kappa shape index (κ3) is 5.15. The smallest absolute Gasteiger partial charge is 0.226 e. The first-order valence-electron chi connectivity index (χ1n) is 7.01. The summed E-state index contributed by atoms with van der Waals surface area (Å²) in [7, 11) is 1.91. The number of piperidine rings is 1. The molecule has 0 aliphatic carbocycles. The number of hydrogen-bond acceptors (Lipinski definition) is 2. The van der Waals surface area contributed by atoms with Gasteiger partial charge in [0.05, 0.1) is 0 Å². The number of hydrogen-bond donors (Lipinski definition) is 1. The highest BCUT2D eigenvalue weighted by Crippen LogP contribution is 2.24. The van der Waals surface area contributed by atoms with Crippen molar-refractivity contribution in [3.05, 3.63) is 0 Å². The molecule has 0 aromatic rings. The zero-order chi connectivity index (χ0) is 12.8. The summed E-state index contributed by atoms with van der Waals surface area (Å²) in [6.45, 7) is 8.26. The van der Waals surface area contributed by atoms with Gasteiger partial charge in [-0.15, -0.1) is 12.4 Å². The Morgan fingerprint density at radius 2 is 2.00 bits per heavy atom. The molecule has 1 N–H and O–H groups in total. The van der Waals surface area contributed by atoms with Crippen molar-refractivity contribution in [2.45, 2.75) is 52.5 Å². The average molecular weight is 277 g/mol. The van der Waals surface area contributed by atoms with E-state index in [1.54, 1.807) is 0 Å². The molecule has 0 bridgehead atoms. The van der Waals surface area contributed by atoms with E-state index in [4.69, 9.17) is 0 Å². The van der Waals surface area contributed by atoms with Crippen LogP contribution in [0.5, 0.6) is 0 Å². The minimum atomic E-state index is 0. The van der Waals surface area contributed by atoms with E-state index in [2.05, 4.69) is 24.1 Å². The highest BCUT2D eigenvalue weighted by Gasteiger charge is 2.29. The predicted molar refractivity (Wildman–Crippen MR) is 79.1 cm³/mol. The van der Waals surface area contributed by atoms with Crippen molar-refractivity contribution < 1.29 is 4.79 Å². The van der Waals surface area contributed by atoms with Crippen LogP contribution < -0.4 is 5.32 Å². The molecule has 0 spiro atoms. The number of amides is 1. The Hall–Kier alpha value is -0.280. The van der Waals surface area contributed by atoms with Gasteiger partial charge in [0, 0.05) is 25.0 Å². The van der Waals surface area contributed by atoms with Crippen molar-refractivity contribution in [3.63, 3.8) is 0 Å². The molecule has 1 fully saturated rings. The Kier molecular flexibility index (Phi) is 8.62. The van der Waals surface area contributed by atoms with E-state index in [-0.39, 0.29) is 18.3 Å². The number of halogens is 1. The number of nitrogens with zero attached hydrogens (tertiary/aromatic N) is 1. The molecule has 1 aliphatic rings. The fourth-order valence-electron chi connectivity index (χ4n) is 2.76. The van der Waals surface area contributed by atoms with Gasteiger partial charge < -0.3 is 10.2 Å². The summed E-state index contributed by atoms with van der Waals surface area (Å²) in [4.78, 5) is 14.5. The fraction of sp³-hybridized carbons (Fsp3) is 0.929. The van der Waals surface area contributed by atoms with Gasteiger partial charge in [0.2, 0.25) is 5.91 Å². The average Bonchev–Trinajstić information content (AvgIpc) is 2.28. The van der Waals surface area contributed by atoms with Crippen LogP contribution in [0.15, 0.2) is 0 Å². The largest absolute Gasteiger partial charge is 0.339 e. The molecule has 108 valence electrons. The highest BCUT2D eigenvalue weighted by molar-refractivity contribution is 5.85. The lowest BCUT2D eigenvalue weighted by Crippen LogP contribution is -2.47. The van der Waals surface area contributed by atoms with E-state index >= 15 is 0 Å². The van der Waals surface area contributed by atoms with Gasteiger partial charge in [-0.05, 0) is 38.6 Å². The predicted octanol–water partition coefficient (Wildman–Crippen LogP) is 2.69. The summed E-state index contributed by atoms with van der Waals surface area (Å²) in [5, 5.41) is 3.10. The van der Waals surface area contributed by atoms with E-state index in [1.165, 1.54) is 19.3 Å². The molecule has 0 saturated carbocycles. The maximum absolute atomic E-state index is 12.4. The third-order valence-corrected chi connectivity index (χ3v) is 3.59. The molecular weight excluding hydrogens is 248 g/mol. The molecule has 0 radical (unpaired) electrons.